The van der Waals surface area contributed by atoms with Crippen molar-refractivity contribution in [1.82, 2.24) is 20.3 Å². The van der Waals surface area contributed by atoms with Crippen molar-refractivity contribution in [2.75, 3.05) is 6.01 Å². The zero-order valence-electron chi connectivity index (χ0n) is 23.2. The van der Waals surface area contributed by atoms with Crippen LogP contribution in [0.3, 0.4) is 0 Å². The lowest BCUT2D eigenvalue weighted by Gasteiger charge is -2.09. The van der Waals surface area contributed by atoms with Crippen molar-refractivity contribution in [3.05, 3.63) is 96.1 Å². The summed E-state index contributed by atoms with van der Waals surface area (Å²) < 4.78 is 68.9. The van der Waals surface area contributed by atoms with Gasteiger partial charge in [0.15, 0.2) is 6.01 Å². The molecular formula is C33H21F3N4O4S. The minimum atomic E-state index is -4.19. The molecule has 45 heavy (non-hydrogen) atoms. The van der Waals surface area contributed by atoms with Crippen LogP contribution in [0.25, 0.3) is 44.0 Å². The Morgan fingerprint density at radius 2 is 1.87 bits per heavy atom. The molecular weight excluding hydrogens is 605 g/mol. The predicted molar refractivity (Wildman–Crippen MR) is 161 cm³/mol. The van der Waals surface area contributed by atoms with Crippen molar-refractivity contribution < 1.29 is 30.8 Å². The number of nitrogens with one attached hydrogen (secondary N) is 1. The molecule has 7 rings (SSSR count). The van der Waals surface area contributed by atoms with Crippen LogP contribution in [0.1, 0.15) is 28.2 Å². The molecule has 2 aromatic carbocycles. The van der Waals surface area contributed by atoms with Crippen LogP contribution in [0.5, 0.6) is 0 Å². The lowest BCUT2D eigenvalue weighted by atomic mass is 10.0. The molecule has 224 valence electrons. The average Bonchev–Trinajstić information content (AvgIpc) is 3.44. The molecule has 1 saturated carbocycles. The number of amides is 1. The standard InChI is InChI=1S/C33H21F3N4O4S/c34-18-45(42,43)30-17-44-29-11-6-20(12-26(29)30)32(41)38-16-24-13-28-21(15-37-24)5-10-27(40-28)25-3-1-2-19-4-8-23(39-31(19)25)9-7-22-14-33(22,35)36/h1-6,8,10-13,15,17,22H,14,16,18H2,(H,38,41). The maximum Gasteiger partial charge on any atom is 0.263 e. The Morgan fingerprint density at radius 3 is 2.67 bits per heavy atom. The molecule has 6 aromatic rings. The summed E-state index contributed by atoms with van der Waals surface area (Å²) in [5, 5.41) is 4.49. The van der Waals surface area contributed by atoms with Gasteiger partial charge in [-0.15, -0.1) is 0 Å². The highest BCUT2D eigenvalue weighted by molar-refractivity contribution is 7.91. The highest BCUT2D eigenvalue weighted by atomic mass is 32.2. The largest absolute Gasteiger partial charge is 0.463 e. The van der Waals surface area contributed by atoms with Crippen molar-refractivity contribution in [2.45, 2.75) is 23.8 Å². The molecule has 12 heteroatoms. The highest BCUT2D eigenvalue weighted by Gasteiger charge is 2.56. The van der Waals surface area contributed by atoms with Gasteiger partial charge >= 0.3 is 0 Å². The number of furan rings is 1. The zero-order chi connectivity index (χ0) is 31.3. The minimum absolute atomic E-state index is 0.0532. The van der Waals surface area contributed by atoms with Crippen LogP contribution in [-0.4, -0.2) is 41.2 Å². The molecule has 4 aromatic heterocycles. The lowest BCUT2D eigenvalue weighted by Crippen LogP contribution is -2.23. The fraction of sp³-hybridized carbons (Fsp3) is 0.152. The summed E-state index contributed by atoms with van der Waals surface area (Å²) in [4.78, 5) is 26.5. The number of carbonyl (C=O) groups is 1. The number of halogens is 3. The Hall–Kier alpha value is -5.28. The Morgan fingerprint density at radius 1 is 1.04 bits per heavy atom. The van der Waals surface area contributed by atoms with Gasteiger partial charge in [-0.3, -0.25) is 9.78 Å². The molecule has 1 unspecified atom stereocenters. The molecule has 1 fully saturated rings. The minimum Gasteiger partial charge on any atom is -0.463 e. The summed E-state index contributed by atoms with van der Waals surface area (Å²) in [6, 6.07) is 17.3. The van der Waals surface area contributed by atoms with Gasteiger partial charge in [-0.2, -0.15) is 0 Å². The smallest absolute Gasteiger partial charge is 0.263 e. The number of fused-ring (bicyclic) bond motifs is 3. The Bertz CT molecular complexity index is 2350. The Balaban J connectivity index is 1.14. The van der Waals surface area contributed by atoms with E-state index in [0.717, 1.165) is 22.6 Å². The normalized spacial score (nSPS) is 15.6. The van der Waals surface area contributed by atoms with Crippen LogP contribution < -0.4 is 5.32 Å². The number of sulfone groups is 1. The monoisotopic (exact) mass is 626 g/mol. The first-order chi connectivity index (χ1) is 21.6. The fourth-order valence-electron chi connectivity index (χ4n) is 4.98. The quantitative estimate of drug-likeness (QED) is 0.218. The third-order valence-electron chi connectivity index (χ3n) is 7.54. The van der Waals surface area contributed by atoms with E-state index in [2.05, 4.69) is 27.1 Å². The first-order valence-corrected chi connectivity index (χ1v) is 15.4. The summed E-state index contributed by atoms with van der Waals surface area (Å²) in [6.07, 6.45) is 2.37. The van der Waals surface area contributed by atoms with Crippen molar-refractivity contribution in [3.8, 4) is 23.1 Å². The molecule has 0 saturated heterocycles. The topological polar surface area (TPSA) is 115 Å². The number of pyridine rings is 3. The highest BCUT2D eigenvalue weighted by Crippen LogP contribution is 2.48. The van der Waals surface area contributed by atoms with Gasteiger partial charge in [-0.25, -0.2) is 31.6 Å². The van der Waals surface area contributed by atoms with Gasteiger partial charge in [-0.1, -0.05) is 24.1 Å². The van der Waals surface area contributed by atoms with Crippen LogP contribution in [0.15, 0.2) is 88.5 Å². The molecule has 1 atom stereocenters. The molecule has 0 bridgehead atoms. The number of para-hydroxylation sites is 1. The molecule has 1 N–H and O–H groups in total. The molecule has 4 heterocycles. The SMILES string of the molecule is O=C(NCc1cc2nc(-c3cccc4ccc(C#CC5CC5(F)F)nc34)ccc2cn1)c1ccc2occ(S(=O)(=O)CF)c2c1. The number of alkyl halides is 3. The van der Waals surface area contributed by atoms with E-state index in [0.29, 0.717) is 28.1 Å². The van der Waals surface area contributed by atoms with Crippen molar-refractivity contribution in [2.24, 2.45) is 5.92 Å². The number of rotatable bonds is 6. The second kappa shape index (κ2) is 10.7. The molecule has 0 spiro atoms. The second-order valence-electron chi connectivity index (χ2n) is 10.6. The lowest BCUT2D eigenvalue weighted by molar-refractivity contribution is 0.0950. The molecule has 0 aliphatic heterocycles. The first kappa shape index (κ1) is 28.5. The summed E-state index contributed by atoms with van der Waals surface area (Å²) in [5.74, 6) is 1.24. The van der Waals surface area contributed by atoms with E-state index in [1.54, 1.807) is 18.3 Å². The molecule has 1 amide bonds. The van der Waals surface area contributed by atoms with Crippen LogP contribution in [-0.2, 0) is 16.4 Å². The molecule has 8 nitrogen and oxygen atoms in total. The molecule has 0 radical (unpaired) electrons. The van der Waals surface area contributed by atoms with E-state index in [-0.39, 0.29) is 34.4 Å². The van der Waals surface area contributed by atoms with E-state index in [1.807, 2.05) is 36.4 Å². The van der Waals surface area contributed by atoms with Crippen molar-refractivity contribution in [1.29, 1.82) is 0 Å². The second-order valence-corrected chi connectivity index (χ2v) is 12.5. The van der Waals surface area contributed by atoms with E-state index < -0.39 is 33.6 Å². The van der Waals surface area contributed by atoms with Gasteiger partial charge in [0.05, 0.1) is 34.9 Å². The van der Waals surface area contributed by atoms with E-state index >= 15 is 0 Å². The number of aromatic nitrogens is 3. The average molecular weight is 627 g/mol. The van der Waals surface area contributed by atoms with Gasteiger partial charge in [-0.05, 0) is 54.5 Å². The first-order valence-electron chi connectivity index (χ1n) is 13.7. The van der Waals surface area contributed by atoms with Gasteiger partial charge < -0.3 is 9.73 Å². The van der Waals surface area contributed by atoms with Crippen LogP contribution >= 0.6 is 0 Å². The zero-order valence-corrected chi connectivity index (χ0v) is 24.0. The predicted octanol–water partition coefficient (Wildman–Crippen LogP) is 6.23. The van der Waals surface area contributed by atoms with E-state index in [1.165, 1.54) is 18.2 Å². The summed E-state index contributed by atoms with van der Waals surface area (Å²) in [5.41, 5.74) is 3.93. The molecule has 1 aliphatic carbocycles. The summed E-state index contributed by atoms with van der Waals surface area (Å²) in [6.45, 7) is 0.0532. The van der Waals surface area contributed by atoms with Gasteiger partial charge in [0.2, 0.25) is 9.84 Å². The summed E-state index contributed by atoms with van der Waals surface area (Å²) >= 11 is 0. The number of hydrogen-bond acceptors (Lipinski definition) is 7. The Labute approximate surface area is 254 Å². The van der Waals surface area contributed by atoms with E-state index in [4.69, 9.17) is 9.40 Å². The number of nitrogens with zero attached hydrogens (tertiary/aromatic N) is 3. The number of hydrogen-bond donors (Lipinski definition) is 1. The summed E-state index contributed by atoms with van der Waals surface area (Å²) in [7, 11) is -4.19. The maximum absolute atomic E-state index is 13.3. The Kier molecular flexibility index (Phi) is 6.78. The van der Waals surface area contributed by atoms with Gasteiger partial charge in [0.25, 0.3) is 11.8 Å². The van der Waals surface area contributed by atoms with Gasteiger partial charge in [0.1, 0.15) is 22.4 Å². The van der Waals surface area contributed by atoms with E-state index in [9.17, 15) is 26.4 Å². The van der Waals surface area contributed by atoms with Crippen LogP contribution in [0, 0.1) is 17.8 Å². The third kappa shape index (κ3) is 5.47. The van der Waals surface area contributed by atoms with Gasteiger partial charge in [0, 0.05) is 39.9 Å². The van der Waals surface area contributed by atoms with Crippen molar-refractivity contribution >= 4 is 48.5 Å². The van der Waals surface area contributed by atoms with Crippen molar-refractivity contribution in [3.63, 3.8) is 0 Å². The fourth-order valence-corrected chi connectivity index (χ4v) is 5.79. The maximum atomic E-state index is 13.3. The van der Waals surface area contributed by atoms with Crippen LogP contribution in [0.4, 0.5) is 13.2 Å². The molecule has 1 aliphatic rings. The van der Waals surface area contributed by atoms with Crippen LogP contribution in [0.2, 0.25) is 0 Å². The number of carbonyl (C=O) groups excluding carboxylic acids is 1. The number of benzene rings is 2. The third-order valence-corrected chi connectivity index (χ3v) is 8.81.